The van der Waals surface area contributed by atoms with Crippen LogP contribution in [0.4, 0.5) is 0 Å². The van der Waals surface area contributed by atoms with Crippen molar-refractivity contribution in [2.45, 2.75) is 112 Å². The molecule has 4 nitrogen and oxygen atoms in total. The molecule has 0 radical (unpaired) electrons. The van der Waals surface area contributed by atoms with Crippen molar-refractivity contribution in [2.75, 3.05) is 11.9 Å². The van der Waals surface area contributed by atoms with Crippen LogP contribution in [0.3, 0.4) is 0 Å². The molecule has 0 aromatic carbocycles. The monoisotopic (exact) mass is 587 g/mol. The number of carbonyl (C=O) groups excluding carboxylic acids is 1. The molecular formula is C33H50BrNO3. The molecule has 0 spiro atoms. The summed E-state index contributed by atoms with van der Waals surface area (Å²) in [6.07, 6.45) is 13.4. The predicted octanol–water partition coefficient (Wildman–Crippen LogP) is 8.36. The minimum Gasteiger partial charge on any atom is -0.464 e. The molecule has 9 atom stereocenters. The van der Waals surface area contributed by atoms with Gasteiger partial charge >= 0.3 is 5.97 Å². The van der Waals surface area contributed by atoms with E-state index in [9.17, 15) is 4.79 Å². The van der Waals surface area contributed by atoms with E-state index in [1.54, 1.807) is 0 Å². The smallest absolute Gasteiger partial charge is 0.316 e. The van der Waals surface area contributed by atoms with Crippen LogP contribution in [-0.4, -0.2) is 23.1 Å². The van der Waals surface area contributed by atoms with E-state index in [0.29, 0.717) is 40.5 Å². The second kappa shape index (κ2) is 8.83. The molecule has 38 heavy (non-hydrogen) atoms. The average Bonchev–Trinajstić information content (AvgIpc) is 3.48. The van der Waals surface area contributed by atoms with Crippen LogP contribution in [0.5, 0.6) is 0 Å². The molecule has 5 aliphatic carbocycles. The molecule has 1 aromatic rings. The van der Waals surface area contributed by atoms with Gasteiger partial charge in [-0.25, -0.2) is 0 Å². The lowest BCUT2D eigenvalue weighted by Crippen LogP contribution is -2.66. The maximum Gasteiger partial charge on any atom is 0.316 e. The van der Waals surface area contributed by atoms with Crippen LogP contribution in [-0.2, 0) is 21.4 Å². The highest BCUT2D eigenvalue weighted by atomic mass is 79.9. The highest BCUT2D eigenvalue weighted by Crippen LogP contribution is 2.77. The zero-order chi connectivity index (χ0) is 27.3. The number of hydrogen-bond donors (Lipinski definition) is 0. The third kappa shape index (κ3) is 3.44. The lowest BCUT2D eigenvalue weighted by Gasteiger charge is -2.72. The summed E-state index contributed by atoms with van der Waals surface area (Å²) >= 11 is 3.32. The van der Waals surface area contributed by atoms with Crippen molar-refractivity contribution in [2.24, 2.45) is 57.2 Å². The van der Waals surface area contributed by atoms with Gasteiger partial charge in [0.15, 0.2) is 0 Å². The summed E-state index contributed by atoms with van der Waals surface area (Å²) in [6.45, 7) is 18.4. The SMILES string of the molecule is CC(C)[C@@H]1CC[C@]2(COC(=O)CBr)CC[C@]3(C)[C@H](CC[C@@H]4[C@@]5(C)Cc6cnoc6C(C)(C)[C@@H]5CC[C@]43C)[C@@H]12. The Morgan fingerprint density at radius 1 is 1.03 bits per heavy atom. The van der Waals surface area contributed by atoms with E-state index < -0.39 is 0 Å². The molecule has 5 heteroatoms. The van der Waals surface area contributed by atoms with Crippen molar-refractivity contribution in [1.29, 1.82) is 0 Å². The molecule has 0 amide bonds. The van der Waals surface area contributed by atoms with Crippen LogP contribution in [0.15, 0.2) is 10.7 Å². The van der Waals surface area contributed by atoms with E-state index in [-0.39, 0.29) is 22.2 Å². The number of rotatable bonds is 4. The van der Waals surface area contributed by atoms with Crippen LogP contribution in [0.2, 0.25) is 0 Å². The van der Waals surface area contributed by atoms with Gasteiger partial charge < -0.3 is 9.26 Å². The van der Waals surface area contributed by atoms with Crippen molar-refractivity contribution in [3.63, 3.8) is 0 Å². The quantitative estimate of drug-likeness (QED) is 0.262. The van der Waals surface area contributed by atoms with Crippen molar-refractivity contribution < 1.29 is 14.1 Å². The predicted molar refractivity (Wildman–Crippen MR) is 154 cm³/mol. The first-order chi connectivity index (χ1) is 17.8. The summed E-state index contributed by atoms with van der Waals surface area (Å²) < 4.78 is 11.8. The van der Waals surface area contributed by atoms with Crippen molar-refractivity contribution in [3.8, 4) is 0 Å². The first-order valence-corrected chi connectivity index (χ1v) is 16.6. The Labute approximate surface area is 238 Å². The number of ether oxygens (including phenoxy) is 1. The fourth-order valence-electron chi connectivity index (χ4n) is 12.3. The van der Waals surface area contributed by atoms with Crippen LogP contribution in [0, 0.1) is 57.2 Å². The molecular weight excluding hydrogens is 538 g/mol. The van der Waals surface area contributed by atoms with Crippen LogP contribution >= 0.6 is 15.9 Å². The largest absolute Gasteiger partial charge is 0.464 e. The fraction of sp³-hybridized carbons (Fsp3) is 0.879. The third-order valence-electron chi connectivity index (χ3n) is 14.1. The zero-order valence-electron chi connectivity index (χ0n) is 24.9. The average molecular weight is 589 g/mol. The van der Waals surface area contributed by atoms with Crippen molar-refractivity contribution >= 4 is 21.9 Å². The van der Waals surface area contributed by atoms with Gasteiger partial charge in [-0.15, -0.1) is 0 Å². The summed E-state index contributed by atoms with van der Waals surface area (Å²) in [4.78, 5) is 12.2. The number of aromatic nitrogens is 1. The number of esters is 1. The van der Waals surface area contributed by atoms with Gasteiger partial charge in [0, 0.05) is 16.4 Å². The van der Waals surface area contributed by atoms with Gasteiger partial charge in [0.25, 0.3) is 0 Å². The number of carbonyl (C=O) groups is 1. The maximum atomic E-state index is 12.2. The van der Waals surface area contributed by atoms with Gasteiger partial charge in [-0.2, -0.15) is 0 Å². The summed E-state index contributed by atoms with van der Waals surface area (Å²) in [5.74, 6) is 5.20. The highest BCUT2D eigenvalue weighted by Gasteiger charge is 2.71. The second-order valence-corrected chi connectivity index (χ2v) is 16.4. The van der Waals surface area contributed by atoms with Gasteiger partial charge in [-0.05, 0) is 110 Å². The van der Waals surface area contributed by atoms with E-state index in [2.05, 4.69) is 69.6 Å². The lowest BCUT2D eigenvalue weighted by molar-refractivity contribution is -0.232. The first-order valence-electron chi connectivity index (χ1n) is 15.5. The molecule has 5 aliphatic rings. The van der Waals surface area contributed by atoms with Gasteiger partial charge in [0.05, 0.1) is 12.8 Å². The van der Waals surface area contributed by atoms with Crippen molar-refractivity contribution in [1.82, 2.24) is 5.16 Å². The maximum absolute atomic E-state index is 12.2. The minimum atomic E-state index is -0.102. The van der Waals surface area contributed by atoms with E-state index in [4.69, 9.17) is 9.26 Å². The van der Waals surface area contributed by atoms with Crippen LogP contribution in [0.1, 0.15) is 111 Å². The Kier molecular flexibility index (Phi) is 6.35. The number of halogens is 1. The Balaban J connectivity index is 1.38. The van der Waals surface area contributed by atoms with Gasteiger partial charge in [-0.3, -0.25) is 4.79 Å². The molecule has 212 valence electrons. The Morgan fingerprint density at radius 3 is 2.50 bits per heavy atom. The molecule has 1 heterocycles. The van der Waals surface area contributed by atoms with E-state index >= 15 is 0 Å². The molecule has 0 N–H and O–H groups in total. The molecule has 0 saturated heterocycles. The van der Waals surface area contributed by atoms with E-state index in [0.717, 1.165) is 29.9 Å². The van der Waals surface area contributed by atoms with Crippen LogP contribution < -0.4 is 0 Å². The first kappa shape index (κ1) is 27.3. The molecule has 4 fully saturated rings. The van der Waals surface area contributed by atoms with Gasteiger partial charge in [0.2, 0.25) is 0 Å². The standard InChI is InChI=1S/C33H50BrNO3/c1-20(2)22-10-13-33(19-37-26(36)17-34)15-14-31(6)23(27(22)33)8-9-25-30(5)16-21-18-35-38-28(21)29(3,4)24(30)11-12-32(25,31)7/h18,20,22-25,27H,8-17,19H2,1-7H3/t22-,23+,24-,25+,27+,30-,31+,32+,33+/m0/s1. The lowest BCUT2D eigenvalue weighted by atomic mass is 9.32. The summed E-state index contributed by atoms with van der Waals surface area (Å²) in [5.41, 5.74) is 2.49. The Bertz CT molecular complexity index is 1100. The molecule has 0 aliphatic heterocycles. The fourth-order valence-corrected chi connectivity index (χ4v) is 12.5. The third-order valence-corrected chi connectivity index (χ3v) is 14.5. The van der Waals surface area contributed by atoms with Crippen LogP contribution in [0.25, 0.3) is 0 Å². The van der Waals surface area contributed by atoms with Crippen molar-refractivity contribution in [3.05, 3.63) is 17.5 Å². The Morgan fingerprint density at radius 2 is 1.79 bits per heavy atom. The molecule has 6 rings (SSSR count). The summed E-state index contributed by atoms with van der Waals surface area (Å²) in [5, 5.41) is 4.58. The number of fused-ring (bicyclic) bond motifs is 8. The molecule has 0 unspecified atom stereocenters. The topological polar surface area (TPSA) is 52.3 Å². The number of alkyl halides is 1. The minimum absolute atomic E-state index is 0.0348. The number of nitrogens with zero attached hydrogens (tertiary/aromatic N) is 1. The second-order valence-electron chi connectivity index (χ2n) is 15.9. The van der Waals surface area contributed by atoms with Gasteiger partial charge in [0.1, 0.15) is 11.1 Å². The molecule has 0 bridgehead atoms. The number of hydrogen-bond acceptors (Lipinski definition) is 4. The van der Waals surface area contributed by atoms with E-state index in [1.165, 1.54) is 56.9 Å². The normalized spacial score (nSPS) is 46.9. The van der Waals surface area contributed by atoms with E-state index in [1.807, 2.05) is 6.20 Å². The molecule has 4 saturated carbocycles. The molecule has 1 aromatic heterocycles. The Hall–Kier alpha value is -0.840. The summed E-state index contributed by atoms with van der Waals surface area (Å²) in [7, 11) is 0. The zero-order valence-corrected chi connectivity index (χ0v) is 26.5. The van der Waals surface area contributed by atoms with Gasteiger partial charge in [-0.1, -0.05) is 69.6 Å². The summed E-state index contributed by atoms with van der Waals surface area (Å²) in [6, 6.07) is 0. The highest BCUT2D eigenvalue weighted by molar-refractivity contribution is 9.09.